The van der Waals surface area contributed by atoms with E-state index in [0.29, 0.717) is 22.1 Å². The number of furan rings is 1. The maximum atomic E-state index is 9.59. The lowest BCUT2D eigenvalue weighted by atomic mass is 9.83. The Balaban J connectivity index is 1.36. The molecule has 0 fully saturated rings. The predicted octanol–water partition coefficient (Wildman–Crippen LogP) is 14.2. The summed E-state index contributed by atoms with van der Waals surface area (Å²) in [5, 5.41) is 4.11. The largest absolute Gasteiger partial charge is 0.456 e. The highest BCUT2D eigenvalue weighted by Crippen LogP contribution is 2.48. The molecule has 0 saturated carbocycles. The number of hydrogen-bond acceptors (Lipinski definition) is 1. The number of benzene rings is 9. The second kappa shape index (κ2) is 12.0. The van der Waals surface area contributed by atoms with Gasteiger partial charge in [-0.3, -0.25) is 0 Å². The van der Waals surface area contributed by atoms with Crippen LogP contribution in [-0.4, -0.2) is 0 Å². The molecule has 0 amide bonds. The highest BCUT2D eigenvalue weighted by molar-refractivity contribution is 6.26. The van der Waals surface area contributed by atoms with Gasteiger partial charge >= 0.3 is 0 Å². The van der Waals surface area contributed by atoms with Crippen LogP contribution in [0.3, 0.4) is 0 Å². The summed E-state index contributed by atoms with van der Waals surface area (Å²) in [5.74, 6) is 0. The molecule has 1 heteroatoms. The summed E-state index contributed by atoms with van der Waals surface area (Å²) in [6.45, 7) is 0. The Bertz CT molecular complexity index is 3110. The van der Waals surface area contributed by atoms with Gasteiger partial charge in [0.2, 0.25) is 0 Å². The van der Waals surface area contributed by atoms with Crippen LogP contribution in [-0.2, 0) is 0 Å². The minimum Gasteiger partial charge on any atom is -0.456 e. The standard InChI is InChI=1S/C50H32O/c1-4-15-33(16-5-1)36-27-28-46-45(32-36)50-44(25-14-26-47(50)51-46)49-42-23-12-10-21-40(42)48(41-22-11-13-24-43(41)49)39-30-37(34-17-6-2-7-18-34)29-38(31-39)35-19-8-3-9-20-35/h1-32H/i14D,25D,26D,27D,28D,32D. The van der Waals surface area contributed by atoms with Gasteiger partial charge in [-0.15, -0.1) is 0 Å². The van der Waals surface area contributed by atoms with Crippen molar-refractivity contribution in [1.82, 2.24) is 0 Å². The molecule has 0 aliphatic heterocycles. The van der Waals surface area contributed by atoms with E-state index in [-0.39, 0.29) is 58.4 Å². The zero-order valence-corrected chi connectivity index (χ0v) is 27.4. The van der Waals surface area contributed by atoms with Gasteiger partial charge in [0.05, 0.1) is 8.22 Å². The smallest absolute Gasteiger partial charge is 0.136 e. The van der Waals surface area contributed by atoms with E-state index in [4.69, 9.17) is 9.90 Å². The summed E-state index contributed by atoms with van der Waals surface area (Å²) in [4.78, 5) is 0. The summed E-state index contributed by atoms with van der Waals surface area (Å²) >= 11 is 0. The van der Waals surface area contributed by atoms with Gasteiger partial charge in [-0.1, -0.05) is 158 Å². The molecule has 0 radical (unpaired) electrons. The first-order valence-electron chi connectivity index (χ1n) is 20.0. The Morgan fingerprint density at radius 2 is 0.824 bits per heavy atom. The molecule has 0 saturated heterocycles. The first kappa shape index (κ1) is 23.6. The fourth-order valence-electron chi connectivity index (χ4n) is 7.47. The van der Waals surface area contributed by atoms with Crippen LogP contribution in [0.2, 0.25) is 0 Å². The van der Waals surface area contributed by atoms with Gasteiger partial charge in [0, 0.05) is 10.8 Å². The van der Waals surface area contributed by atoms with Crippen molar-refractivity contribution in [3.8, 4) is 55.6 Å². The molecule has 0 atom stereocenters. The van der Waals surface area contributed by atoms with Crippen LogP contribution in [0, 0.1) is 0 Å². The SMILES string of the molecule is [2H]c1c(-c2ccccc2)c([2H])c2c(oc3c([2H])c([2H])c([2H])c(-c4c5ccccc5c(-c5cc(-c6ccccc6)cc(-c6ccccc6)c5)c5ccccc45)c32)c1[2H]. The van der Waals surface area contributed by atoms with E-state index in [9.17, 15) is 2.74 Å². The van der Waals surface area contributed by atoms with Crippen LogP contribution in [0.25, 0.3) is 99.1 Å². The zero-order chi connectivity index (χ0) is 38.9. The highest BCUT2D eigenvalue weighted by Gasteiger charge is 2.21. The molecule has 10 aromatic rings. The maximum Gasteiger partial charge on any atom is 0.136 e. The van der Waals surface area contributed by atoms with Gasteiger partial charge in [0.1, 0.15) is 11.2 Å². The van der Waals surface area contributed by atoms with Crippen molar-refractivity contribution in [3.05, 3.63) is 194 Å². The van der Waals surface area contributed by atoms with E-state index in [2.05, 4.69) is 54.6 Å². The van der Waals surface area contributed by atoms with Crippen LogP contribution in [0.15, 0.2) is 198 Å². The van der Waals surface area contributed by atoms with E-state index in [1.807, 2.05) is 103 Å². The Kier molecular flexibility index (Phi) is 5.56. The number of fused-ring (bicyclic) bond motifs is 5. The molecule has 0 spiro atoms. The van der Waals surface area contributed by atoms with Crippen molar-refractivity contribution in [2.75, 3.05) is 0 Å². The lowest BCUT2D eigenvalue weighted by molar-refractivity contribution is 0.669. The fourth-order valence-corrected chi connectivity index (χ4v) is 7.47. The summed E-state index contributed by atoms with van der Waals surface area (Å²) in [7, 11) is 0. The highest BCUT2D eigenvalue weighted by atomic mass is 16.3. The van der Waals surface area contributed by atoms with Gasteiger partial charge in [-0.2, -0.15) is 0 Å². The Labute approximate surface area is 305 Å². The van der Waals surface area contributed by atoms with Gasteiger partial charge in [0.25, 0.3) is 0 Å². The molecular weight excluding hydrogens is 617 g/mol. The minimum atomic E-state index is -0.315. The Hall–Kier alpha value is -6.70. The second-order valence-corrected chi connectivity index (χ2v) is 12.7. The monoisotopic (exact) mass is 654 g/mol. The number of hydrogen-bond donors (Lipinski definition) is 0. The van der Waals surface area contributed by atoms with E-state index >= 15 is 0 Å². The third-order valence-electron chi connectivity index (χ3n) is 9.75. The topological polar surface area (TPSA) is 13.1 Å². The molecule has 238 valence electrons. The van der Waals surface area contributed by atoms with Crippen molar-refractivity contribution in [2.45, 2.75) is 0 Å². The normalized spacial score (nSPS) is 13.2. The minimum absolute atomic E-state index is 0.00386. The Morgan fingerprint density at radius 1 is 0.353 bits per heavy atom. The molecule has 1 heterocycles. The lowest BCUT2D eigenvalue weighted by Gasteiger charge is -2.19. The predicted molar refractivity (Wildman–Crippen MR) is 216 cm³/mol. The van der Waals surface area contributed by atoms with Crippen molar-refractivity contribution < 1.29 is 12.6 Å². The zero-order valence-electron chi connectivity index (χ0n) is 33.4. The van der Waals surface area contributed by atoms with Crippen LogP contribution >= 0.6 is 0 Å². The summed E-state index contributed by atoms with van der Waals surface area (Å²) in [5.41, 5.74) is 8.32. The van der Waals surface area contributed by atoms with E-state index in [0.717, 1.165) is 54.9 Å². The summed E-state index contributed by atoms with van der Waals surface area (Å²) in [6, 6.07) is 51.5. The van der Waals surface area contributed by atoms with Crippen LogP contribution in [0.5, 0.6) is 0 Å². The average Bonchev–Trinajstić information content (AvgIpc) is 3.66. The average molecular weight is 655 g/mol. The van der Waals surface area contributed by atoms with Crippen molar-refractivity contribution in [1.29, 1.82) is 0 Å². The molecule has 1 nitrogen and oxygen atoms in total. The number of rotatable bonds is 5. The van der Waals surface area contributed by atoms with Crippen LogP contribution in [0.4, 0.5) is 0 Å². The first-order valence-corrected chi connectivity index (χ1v) is 17.0. The van der Waals surface area contributed by atoms with E-state index in [1.54, 1.807) is 0 Å². The third kappa shape index (κ3) is 4.94. The van der Waals surface area contributed by atoms with E-state index < -0.39 is 0 Å². The molecule has 0 aliphatic rings. The van der Waals surface area contributed by atoms with Gasteiger partial charge in [0.15, 0.2) is 0 Å². The van der Waals surface area contributed by atoms with Crippen molar-refractivity contribution >= 4 is 43.5 Å². The first-order chi connectivity index (χ1) is 27.8. The molecule has 0 aliphatic carbocycles. The third-order valence-corrected chi connectivity index (χ3v) is 9.75. The quantitative estimate of drug-likeness (QED) is 0.168. The van der Waals surface area contributed by atoms with Gasteiger partial charge in [-0.25, -0.2) is 0 Å². The van der Waals surface area contributed by atoms with Crippen LogP contribution in [0.1, 0.15) is 8.22 Å². The molecule has 1 aromatic heterocycles. The Morgan fingerprint density at radius 3 is 1.37 bits per heavy atom. The molecule has 51 heavy (non-hydrogen) atoms. The maximum absolute atomic E-state index is 9.59. The molecule has 9 aromatic carbocycles. The lowest BCUT2D eigenvalue weighted by Crippen LogP contribution is -1.92. The summed E-state index contributed by atoms with van der Waals surface area (Å²) in [6.07, 6.45) is 0. The molecule has 0 unspecified atom stereocenters. The fraction of sp³-hybridized carbons (Fsp3) is 0. The molecule has 0 bridgehead atoms. The second-order valence-electron chi connectivity index (χ2n) is 12.7. The van der Waals surface area contributed by atoms with Crippen molar-refractivity contribution in [3.63, 3.8) is 0 Å². The molecule has 10 rings (SSSR count). The van der Waals surface area contributed by atoms with Crippen LogP contribution < -0.4 is 0 Å². The van der Waals surface area contributed by atoms with E-state index in [1.165, 1.54) is 0 Å². The molecular formula is C50H32O. The van der Waals surface area contributed by atoms with Crippen molar-refractivity contribution in [2.24, 2.45) is 0 Å². The summed E-state index contributed by atoms with van der Waals surface area (Å²) < 4.78 is 61.6. The molecule has 0 N–H and O–H groups in total. The van der Waals surface area contributed by atoms with Gasteiger partial charge < -0.3 is 4.42 Å². The van der Waals surface area contributed by atoms with Gasteiger partial charge in [-0.05, 0) is 114 Å².